The maximum Gasteiger partial charge on any atom is 0.224 e. The number of rotatable bonds is 4. The largest absolute Gasteiger partial charge is 0.376 e. The van der Waals surface area contributed by atoms with E-state index in [1.54, 1.807) is 0 Å². The quantitative estimate of drug-likeness (QED) is 0.920. The van der Waals surface area contributed by atoms with Crippen molar-refractivity contribution >= 4 is 11.6 Å². The van der Waals surface area contributed by atoms with Crippen molar-refractivity contribution in [1.29, 1.82) is 0 Å². The summed E-state index contributed by atoms with van der Waals surface area (Å²) >= 11 is 0. The van der Waals surface area contributed by atoms with Gasteiger partial charge in [0.05, 0.1) is 25.9 Å². The van der Waals surface area contributed by atoms with Crippen LogP contribution in [0.3, 0.4) is 0 Å². The number of nitrogens with one attached hydrogen (secondary N) is 1. The molecule has 0 aliphatic carbocycles. The molecular weight excluding hydrogens is 254 g/mol. The lowest BCUT2D eigenvalue weighted by Crippen LogP contribution is -2.35. The van der Waals surface area contributed by atoms with E-state index in [1.807, 2.05) is 32.9 Å². The van der Waals surface area contributed by atoms with Crippen molar-refractivity contribution < 1.29 is 14.3 Å². The molecule has 4 heteroatoms. The number of hydrogen-bond acceptors (Lipinski definition) is 3. The number of ether oxygens (including phenoxy) is 2. The van der Waals surface area contributed by atoms with Crippen molar-refractivity contribution in [3.05, 3.63) is 29.3 Å². The zero-order chi connectivity index (χ0) is 14.5. The number of carbonyl (C=O) groups is 1. The van der Waals surface area contributed by atoms with Gasteiger partial charge in [0.1, 0.15) is 0 Å². The van der Waals surface area contributed by atoms with Crippen LogP contribution in [-0.2, 0) is 14.3 Å². The minimum atomic E-state index is 0.0219. The van der Waals surface area contributed by atoms with Gasteiger partial charge in [0, 0.05) is 12.1 Å². The second-order valence-electron chi connectivity index (χ2n) is 5.53. The van der Waals surface area contributed by atoms with Crippen LogP contribution in [0.15, 0.2) is 18.2 Å². The highest BCUT2D eigenvalue weighted by Crippen LogP contribution is 2.19. The molecule has 1 aliphatic rings. The van der Waals surface area contributed by atoms with E-state index in [1.165, 1.54) is 5.56 Å². The van der Waals surface area contributed by atoms with E-state index < -0.39 is 0 Å². The first-order valence-corrected chi connectivity index (χ1v) is 7.12. The maximum absolute atomic E-state index is 12.1. The van der Waals surface area contributed by atoms with Crippen LogP contribution in [-0.4, -0.2) is 31.8 Å². The summed E-state index contributed by atoms with van der Waals surface area (Å²) in [6, 6.07) is 6.02. The molecule has 1 N–H and O–H groups in total. The van der Waals surface area contributed by atoms with Crippen LogP contribution in [0.4, 0.5) is 5.69 Å². The molecule has 2 rings (SSSR count). The van der Waals surface area contributed by atoms with Crippen LogP contribution in [0, 0.1) is 19.8 Å². The van der Waals surface area contributed by atoms with Gasteiger partial charge in [0.15, 0.2) is 0 Å². The van der Waals surface area contributed by atoms with Gasteiger partial charge in [-0.05, 0) is 31.4 Å². The highest BCUT2D eigenvalue weighted by atomic mass is 16.6. The Morgan fingerprint density at radius 3 is 2.85 bits per heavy atom. The molecule has 1 fully saturated rings. The molecule has 2 atom stereocenters. The molecule has 0 spiro atoms. The second-order valence-corrected chi connectivity index (χ2v) is 5.53. The zero-order valence-electron chi connectivity index (χ0n) is 12.4. The van der Waals surface area contributed by atoms with E-state index in [-0.39, 0.29) is 17.9 Å². The lowest BCUT2D eigenvalue weighted by atomic mass is 10.00. The number of aryl methyl sites for hydroxylation is 2. The third-order valence-electron chi connectivity index (χ3n) is 3.64. The Bertz CT molecular complexity index is 467. The van der Waals surface area contributed by atoms with Gasteiger partial charge in [-0.2, -0.15) is 0 Å². The molecule has 0 bridgehead atoms. The lowest BCUT2D eigenvalue weighted by Gasteiger charge is -2.27. The molecular formula is C16H23NO3. The molecule has 20 heavy (non-hydrogen) atoms. The average molecular weight is 277 g/mol. The third-order valence-corrected chi connectivity index (χ3v) is 3.64. The summed E-state index contributed by atoms with van der Waals surface area (Å²) in [5.41, 5.74) is 3.17. The fourth-order valence-corrected chi connectivity index (χ4v) is 2.41. The van der Waals surface area contributed by atoms with Gasteiger partial charge in [-0.15, -0.1) is 0 Å². The monoisotopic (exact) mass is 277 g/mol. The number of carbonyl (C=O) groups excluding carboxylic acids is 1. The molecule has 110 valence electrons. The van der Waals surface area contributed by atoms with Crippen LogP contribution in [0.1, 0.15) is 24.5 Å². The van der Waals surface area contributed by atoms with E-state index in [0.717, 1.165) is 11.3 Å². The Kier molecular flexibility index (Phi) is 5.15. The van der Waals surface area contributed by atoms with Crippen LogP contribution in [0.5, 0.6) is 0 Å². The van der Waals surface area contributed by atoms with Gasteiger partial charge in [-0.25, -0.2) is 0 Å². The molecule has 0 aromatic heterocycles. The minimum absolute atomic E-state index is 0.0219. The molecule has 1 heterocycles. The van der Waals surface area contributed by atoms with Gasteiger partial charge < -0.3 is 14.8 Å². The van der Waals surface area contributed by atoms with E-state index in [2.05, 4.69) is 11.4 Å². The minimum Gasteiger partial charge on any atom is -0.376 e. The number of amides is 1. The molecule has 4 nitrogen and oxygen atoms in total. The van der Waals surface area contributed by atoms with E-state index in [9.17, 15) is 4.79 Å². The molecule has 0 unspecified atom stereocenters. The Labute approximate surface area is 120 Å². The van der Waals surface area contributed by atoms with Gasteiger partial charge in [0.25, 0.3) is 0 Å². The summed E-state index contributed by atoms with van der Waals surface area (Å²) in [4.78, 5) is 12.1. The van der Waals surface area contributed by atoms with Crippen LogP contribution < -0.4 is 5.32 Å². The zero-order valence-corrected chi connectivity index (χ0v) is 12.4. The summed E-state index contributed by atoms with van der Waals surface area (Å²) in [6.45, 7) is 7.93. The van der Waals surface area contributed by atoms with Crippen LogP contribution in [0.2, 0.25) is 0 Å². The van der Waals surface area contributed by atoms with Crippen molar-refractivity contribution in [3.8, 4) is 0 Å². The second kappa shape index (κ2) is 6.86. The first-order chi connectivity index (χ1) is 9.56. The van der Waals surface area contributed by atoms with Gasteiger partial charge >= 0.3 is 0 Å². The Morgan fingerprint density at radius 2 is 2.20 bits per heavy atom. The highest BCUT2D eigenvalue weighted by Gasteiger charge is 2.23. The van der Waals surface area contributed by atoms with Crippen molar-refractivity contribution in [2.24, 2.45) is 5.92 Å². The normalized spacial score (nSPS) is 20.4. The first-order valence-electron chi connectivity index (χ1n) is 7.12. The summed E-state index contributed by atoms with van der Waals surface area (Å²) in [5, 5.41) is 2.97. The average Bonchev–Trinajstić information content (AvgIpc) is 2.43. The Morgan fingerprint density at radius 1 is 1.40 bits per heavy atom. The summed E-state index contributed by atoms with van der Waals surface area (Å²) in [7, 11) is 0. The summed E-state index contributed by atoms with van der Waals surface area (Å²) < 4.78 is 11.0. The van der Waals surface area contributed by atoms with Gasteiger partial charge in [-0.3, -0.25) is 4.79 Å². The molecule has 1 aliphatic heterocycles. The van der Waals surface area contributed by atoms with Crippen LogP contribution >= 0.6 is 0 Å². The lowest BCUT2D eigenvalue weighted by molar-refractivity contribution is -0.125. The van der Waals surface area contributed by atoms with Gasteiger partial charge in [-0.1, -0.05) is 24.6 Å². The molecule has 0 radical (unpaired) electrons. The molecule has 1 aromatic carbocycles. The van der Waals surface area contributed by atoms with Crippen molar-refractivity contribution in [2.45, 2.75) is 33.3 Å². The first kappa shape index (κ1) is 15.0. The topological polar surface area (TPSA) is 47.6 Å². The highest BCUT2D eigenvalue weighted by molar-refractivity contribution is 5.91. The molecule has 1 aromatic rings. The third kappa shape index (κ3) is 4.05. The molecule has 1 amide bonds. The molecule has 0 saturated carbocycles. The van der Waals surface area contributed by atoms with E-state index in [4.69, 9.17) is 9.47 Å². The fourth-order valence-electron chi connectivity index (χ4n) is 2.41. The van der Waals surface area contributed by atoms with E-state index in [0.29, 0.717) is 26.2 Å². The smallest absolute Gasteiger partial charge is 0.224 e. The fraction of sp³-hybridized carbons (Fsp3) is 0.562. The Balaban J connectivity index is 1.88. The molecule has 1 saturated heterocycles. The standard InChI is InChI=1S/C16H23NO3/c1-11-4-5-14(12(2)8-11)17-16(18)9-13(3)15-10-19-6-7-20-15/h4-5,8,13,15H,6-7,9-10H2,1-3H3,(H,17,18)/t13-,15+/m0/s1. The van der Waals surface area contributed by atoms with Crippen LogP contribution in [0.25, 0.3) is 0 Å². The van der Waals surface area contributed by atoms with Gasteiger partial charge in [0.2, 0.25) is 5.91 Å². The Hall–Kier alpha value is -1.39. The van der Waals surface area contributed by atoms with E-state index >= 15 is 0 Å². The maximum atomic E-state index is 12.1. The van der Waals surface area contributed by atoms with Crippen molar-refractivity contribution in [2.75, 3.05) is 25.1 Å². The van der Waals surface area contributed by atoms with Crippen molar-refractivity contribution in [3.63, 3.8) is 0 Å². The SMILES string of the molecule is Cc1ccc(NC(=O)C[C@H](C)[C@H]2COCCO2)c(C)c1. The predicted octanol–water partition coefficient (Wildman–Crippen LogP) is 2.68. The number of benzene rings is 1. The van der Waals surface area contributed by atoms with Crippen molar-refractivity contribution in [1.82, 2.24) is 0 Å². The predicted molar refractivity (Wildman–Crippen MR) is 78.9 cm³/mol. The number of anilines is 1. The summed E-state index contributed by atoms with van der Waals surface area (Å²) in [6.07, 6.45) is 0.468. The number of hydrogen-bond donors (Lipinski definition) is 1. The summed E-state index contributed by atoms with van der Waals surface area (Å²) in [5.74, 6) is 0.180.